The smallest absolute Gasteiger partial charge is 0.308 e. The van der Waals surface area contributed by atoms with Crippen molar-refractivity contribution in [3.05, 3.63) is 84.2 Å². The second-order valence-corrected chi connectivity index (χ2v) is 12.3. The van der Waals surface area contributed by atoms with Gasteiger partial charge in [0.25, 0.3) is 5.91 Å². The van der Waals surface area contributed by atoms with Gasteiger partial charge in [-0.2, -0.15) is 4.31 Å². The topological polar surface area (TPSA) is 161 Å². The number of carbonyl (C=O) groups is 3. The molecule has 14 heteroatoms. The van der Waals surface area contributed by atoms with Crippen molar-refractivity contribution in [1.29, 1.82) is 0 Å². The SMILES string of the molecule is CC(=O)Oc1ccc(N2C(=O)CC(N(CCc3ccc(S(N)(=O)=O)cc3)S(=O)(=O)c3ccc(F)cc3)C2=O)cc1. The van der Waals surface area contributed by atoms with Crippen LogP contribution in [0.2, 0.25) is 0 Å². The number of ether oxygens (including phenoxy) is 1. The summed E-state index contributed by atoms with van der Waals surface area (Å²) in [5, 5.41) is 5.12. The quantitative estimate of drug-likeness (QED) is 0.225. The van der Waals surface area contributed by atoms with E-state index in [9.17, 15) is 35.6 Å². The van der Waals surface area contributed by atoms with Crippen molar-refractivity contribution in [3.8, 4) is 5.75 Å². The molecule has 0 aromatic heterocycles. The molecule has 0 saturated carbocycles. The van der Waals surface area contributed by atoms with Gasteiger partial charge in [-0.05, 0) is 72.6 Å². The number of hydrogen-bond donors (Lipinski definition) is 1. The molecule has 11 nitrogen and oxygen atoms in total. The highest BCUT2D eigenvalue weighted by atomic mass is 32.2. The average molecular weight is 590 g/mol. The normalized spacial score (nSPS) is 16.0. The molecule has 3 aromatic rings. The molecule has 0 radical (unpaired) electrons. The fraction of sp³-hybridized carbons (Fsp3) is 0.192. The van der Waals surface area contributed by atoms with E-state index < -0.39 is 56.1 Å². The van der Waals surface area contributed by atoms with Gasteiger partial charge >= 0.3 is 5.97 Å². The average Bonchev–Trinajstić information content (AvgIpc) is 3.17. The van der Waals surface area contributed by atoms with Crippen molar-refractivity contribution in [2.45, 2.75) is 35.6 Å². The van der Waals surface area contributed by atoms with Crippen molar-refractivity contribution in [2.75, 3.05) is 11.4 Å². The number of hydrogen-bond acceptors (Lipinski definition) is 8. The van der Waals surface area contributed by atoms with Crippen LogP contribution >= 0.6 is 0 Å². The number of amides is 2. The van der Waals surface area contributed by atoms with E-state index in [0.717, 1.165) is 33.5 Å². The molecule has 1 heterocycles. The Kier molecular flexibility index (Phi) is 8.16. The van der Waals surface area contributed by atoms with Crippen LogP contribution in [-0.4, -0.2) is 51.5 Å². The van der Waals surface area contributed by atoms with Gasteiger partial charge in [0.2, 0.25) is 26.0 Å². The van der Waals surface area contributed by atoms with Crippen molar-refractivity contribution in [3.63, 3.8) is 0 Å². The first-order chi connectivity index (χ1) is 18.8. The zero-order valence-corrected chi connectivity index (χ0v) is 22.7. The molecule has 40 heavy (non-hydrogen) atoms. The molecule has 2 amide bonds. The third kappa shape index (κ3) is 6.25. The van der Waals surface area contributed by atoms with Crippen LogP contribution in [0.3, 0.4) is 0 Å². The molecule has 1 atom stereocenters. The fourth-order valence-electron chi connectivity index (χ4n) is 4.21. The molecular formula is C26H24FN3O8S2. The molecule has 0 spiro atoms. The minimum atomic E-state index is -4.39. The highest BCUT2D eigenvalue weighted by Gasteiger charge is 2.46. The van der Waals surface area contributed by atoms with Gasteiger partial charge in [0.1, 0.15) is 17.6 Å². The first kappa shape index (κ1) is 29.0. The van der Waals surface area contributed by atoms with E-state index >= 15 is 0 Å². The highest BCUT2D eigenvalue weighted by Crippen LogP contribution is 2.31. The number of halogens is 1. The van der Waals surface area contributed by atoms with E-state index in [4.69, 9.17) is 9.88 Å². The number of nitrogens with zero attached hydrogens (tertiary/aromatic N) is 2. The van der Waals surface area contributed by atoms with Gasteiger partial charge in [-0.25, -0.2) is 31.3 Å². The minimum Gasteiger partial charge on any atom is -0.427 e. The third-order valence-electron chi connectivity index (χ3n) is 6.12. The summed E-state index contributed by atoms with van der Waals surface area (Å²) in [5.74, 6) is -2.45. The number of primary sulfonamides is 1. The molecule has 2 N–H and O–H groups in total. The van der Waals surface area contributed by atoms with Crippen LogP contribution in [0.5, 0.6) is 5.75 Å². The van der Waals surface area contributed by atoms with Gasteiger partial charge in [0, 0.05) is 13.5 Å². The second-order valence-electron chi connectivity index (χ2n) is 8.88. The molecule has 1 aliphatic rings. The molecule has 1 unspecified atom stereocenters. The first-order valence-electron chi connectivity index (χ1n) is 11.8. The lowest BCUT2D eigenvalue weighted by Gasteiger charge is -2.27. The summed E-state index contributed by atoms with van der Waals surface area (Å²) in [5.41, 5.74) is 0.701. The number of anilines is 1. The van der Waals surface area contributed by atoms with Crippen LogP contribution in [-0.2, 0) is 40.9 Å². The Morgan fingerprint density at radius 1 is 0.950 bits per heavy atom. The number of rotatable bonds is 9. The van der Waals surface area contributed by atoms with Crippen molar-refractivity contribution in [2.24, 2.45) is 5.14 Å². The summed E-state index contributed by atoms with van der Waals surface area (Å²) < 4.78 is 69.8. The van der Waals surface area contributed by atoms with E-state index in [2.05, 4.69) is 0 Å². The summed E-state index contributed by atoms with van der Waals surface area (Å²) in [4.78, 5) is 38.1. The predicted molar refractivity (Wildman–Crippen MR) is 140 cm³/mol. The maximum Gasteiger partial charge on any atom is 0.308 e. The number of sulfonamides is 2. The molecule has 1 aliphatic heterocycles. The molecular weight excluding hydrogens is 565 g/mol. The molecule has 1 saturated heterocycles. The summed E-state index contributed by atoms with van der Waals surface area (Å²) in [6.07, 6.45) is -0.393. The minimum absolute atomic E-state index is 0.0559. The van der Waals surface area contributed by atoms with Crippen LogP contribution in [0.4, 0.5) is 10.1 Å². The van der Waals surface area contributed by atoms with E-state index in [1.165, 1.54) is 55.5 Å². The van der Waals surface area contributed by atoms with E-state index in [1.807, 2.05) is 0 Å². The van der Waals surface area contributed by atoms with Gasteiger partial charge in [-0.15, -0.1) is 0 Å². The number of esters is 1. The molecule has 1 fully saturated rings. The lowest BCUT2D eigenvalue weighted by Crippen LogP contribution is -2.46. The Bertz CT molecular complexity index is 1660. The predicted octanol–water partition coefficient (Wildman–Crippen LogP) is 1.96. The molecule has 210 valence electrons. The summed E-state index contributed by atoms with van der Waals surface area (Å²) in [6, 6.07) is 13.7. The molecule has 3 aromatic carbocycles. The van der Waals surface area contributed by atoms with Crippen LogP contribution in [0.25, 0.3) is 0 Å². The standard InChI is InChI=1S/C26H24FN3O8S2/c1-17(31)38-21-8-6-20(7-9-21)30-25(32)16-24(26(30)33)29(40(36,37)23-12-4-19(27)5-13-23)15-14-18-2-10-22(11-3-18)39(28,34)35/h2-13,24H,14-16H2,1H3,(H2,28,34,35). The van der Waals surface area contributed by atoms with Crippen LogP contribution < -0.4 is 14.8 Å². The maximum atomic E-state index is 13.7. The number of nitrogens with two attached hydrogens (primary N) is 1. The van der Waals surface area contributed by atoms with Crippen LogP contribution in [0.1, 0.15) is 18.9 Å². The van der Waals surface area contributed by atoms with E-state index in [-0.39, 0.29) is 34.2 Å². The lowest BCUT2D eigenvalue weighted by molar-refractivity contribution is -0.132. The third-order valence-corrected chi connectivity index (χ3v) is 8.97. The van der Waals surface area contributed by atoms with Gasteiger partial charge < -0.3 is 4.74 Å². The van der Waals surface area contributed by atoms with Gasteiger partial charge in [0.05, 0.1) is 21.9 Å². The summed E-state index contributed by atoms with van der Waals surface area (Å²) in [7, 11) is -8.32. The Balaban J connectivity index is 1.65. The summed E-state index contributed by atoms with van der Waals surface area (Å²) >= 11 is 0. The van der Waals surface area contributed by atoms with Crippen LogP contribution in [0, 0.1) is 5.82 Å². The Morgan fingerprint density at radius 2 is 1.52 bits per heavy atom. The van der Waals surface area contributed by atoms with Crippen LogP contribution in [0.15, 0.2) is 82.6 Å². The van der Waals surface area contributed by atoms with Gasteiger partial charge in [-0.1, -0.05) is 12.1 Å². The van der Waals surface area contributed by atoms with E-state index in [0.29, 0.717) is 5.56 Å². The van der Waals surface area contributed by atoms with Crippen molar-refractivity contribution >= 4 is 43.5 Å². The van der Waals surface area contributed by atoms with Gasteiger partial charge in [0.15, 0.2) is 0 Å². The zero-order valence-electron chi connectivity index (χ0n) is 21.1. The largest absolute Gasteiger partial charge is 0.427 e. The highest BCUT2D eigenvalue weighted by molar-refractivity contribution is 7.89. The Hall–Kier alpha value is -3.98. The molecule has 4 rings (SSSR count). The number of carbonyl (C=O) groups excluding carboxylic acids is 3. The molecule has 0 aliphatic carbocycles. The monoisotopic (exact) mass is 589 g/mol. The Labute approximate surface area is 230 Å². The second kappa shape index (κ2) is 11.3. The number of imide groups is 1. The first-order valence-corrected chi connectivity index (χ1v) is 14.8. The number of benzene rings is 3. The van der Waals surface area contributed by atoms with Crippen molar-refractivity contribution in [1.82, 2.24) is 4.31 Å². The Morgan fingerprint density at radius 3 is 2.08 bits per heavy atom. The van der Waals surface area contributed by atoms with Crippen molar-refractivity contribution < 1.29 is 40.3 Å². The van der Waals surface area contributed by atoms with Gasteiger partial charge in [-0.3, -0.25) is 14.4 Å². The van der Waals surface area contributed by atoms with E-state index in [1.54, 1.807) is 0 Å². The maximum absolute atomic E-state index is 13.7. The molecule has 0 bridgehead atoms. The lowest BCUT2D eigenvalue weighted by atomic mass is 10.1. The zero-order chi connectivity index (χ0) is 29.2. The fourth-order valence-corrected chi connectivity index (χ4v) is 6.31. The summed E-state index contributed by atoms with van der Waals surface area (Å²) in [6.45, 7) is 0.966.